The lowest BCUT2D eigenvalue weighted by Crippen LogP contribution is -2.45. The topological polar surface area (TPSA) is 40.1 Å². The van der Waals surface area contributed by atoms with Crippen LogP contribution in [0, 0.1) is 11.3 Å². The van der Waals surface area contributed by atoms with Gasteiger partial charge in [0.05, 0.1) is 7.11 Å². The highest BCUT2D eigenvalue weighted by molar-refractivity contribution is 5.80. The zero-order valence-corrected chi connectivity index (χ0v) is 17.6. The molecule has 0 aromatic heterocycles. The summed E-state index contributed by atoms with van der Waals surface area (Å²) in [6, 6.07) is 8.48. The number of nitrogens with one attached hydrogen (secondary N) is 1. The van der Waals surface area contributed by atoms with E-state index in [1.807, 2.05) is 7.05 Å². The molecule has 2 saturated heterocycles. The average Bonchev–Trinajstić information content (AvgIpc) is 3.17. The number of ether oxygens (including phenoxy) is 1. The highest BCUT2D eigenvalue weighted by Gasteiger charge is 2.43. The third-order valence-electron chi connectivity index (χ3n) is 7.19. The average molecular weight is 385 g/mol. The van der Waals surface area contributed by atoms with Gasteiger partial charge in [0.15, 0.2) is 5.96 Å². The van der Waals surface area contributed by atoms with Gasteiger partial charge in [0.25, 0.3) is 0 Å². The van der Waals surface area contributed by atoms with Gasteiger partial charge < -0.3 is 15.0 Å². The Hall–Kier alpha value is -1.75. The summed E-state index contributed by atoms with van der Waals surface area (Å²) >= 11 is 0. The van der Waals surface area contributed by atoms with E-state index >= 15 is 0 Å². The Morgan fingerprint density at radius 1 is 1.14 bits per heavy atom. The van der Waals surface area contributed by atoms with Gasteiger partial charge in [-0.3, -0.25) is 9.89 Å². The Labute approximate surface area is 170 Å². The van der Waals surface area contributed by atoms with Crippen LogP contribution in [0.5, 0.6) is 5.75 Å². The molecule has 154 valence electrons. The van der Waals surface area contributed by atoms with E-state index < -0.39 is 0 Å². The molecule has 28 heavy (non-hydrogen) atoms. The van der Waals surface area contributed by atoms with Crippen LogP contribution in [0.15, 0.2) is 29.3 Å². The van der Waals surface area contributed by atoms with Crippen molar-refractivity contribution < 1.29 is 4.74 Å². The fourth-order valence-electron chi connectivity index (χ4n) is 5.11. The van der Waals surface area contributed by atoms with Crippen molar-refractivity contribution >= 4 is 5.96 Å². The number of benzene rings is 1. The number of hydrogen-bond donors (Lipinski definition) is 1. The van der Waals surface area contributed by atoms with E-state index in [4.69, 9.17) is 4.74 Å². The minimum Gasteiger partial charge on any atom is -0.497 e. The molecule has 1 saturated carbocycles. The van der Waals surface area contributed by atoms with Crippen molar-refractivity contribution in [2.24, 2.45) is 16.3 Å². The lowest BCUT2D eigenvalue weighted by molar-refractivity contribution is 0.151. The number of nitrogens with zero attached hydrogens (tertiary/aromatic N) is 3. The molecule has 2 aliphatic heterocycles. The summed E-state index contributed by atoms with van der Waals surface area (Å²) in [5.41, 5.74) is 2.00. The number of likely N-dealkylation sites (tertiary alicyclic amines) is 2. The number of piperidine rings is 1. The molecule has 1 aromatic carbocycles. The first-order valence-electron chi connectivity index (χ1n) is 11.0. The second kappa shape index (κ2) is 8.73. The summed E-state index contributed by atoms with van der Waals surface area (Å²) < 4.78 is 5.25. The molecule has 0 bridgehead atoms. The molecule has 1 spiro atoms. The first kappa shape index (κ1) is 19.6. The Bertz CT molecular complexity index is 660. The van der Waals surface area contributed by atoms with Crippen LogP contribution in [-0.4, -0.2) is 62.6 Å². The third-order valence-corrected chi connectivity index (χ3v) is 7.19. The van der Waals surface area contributed by atoms with E-state index in [1.54, 1.807) is 7.11 Å². The fraction of sp³-hybridized carbons (Fsp3) is 0.696. The van der Waals surface area contributed by atoms with Gasteiger partial charge in [0.2, 0.25) is 0 Å². The zero-order chi connectivity index (χ0) is 19.4. The van der Waals surface area contributed by atoms with E-state index in [1.165, 1.54) is 70.3 Å². The summed E-state index contributed by atoms with van der Waals surface area (Å²) in [5, 5.41) is 3.69. The summed E-state index contributed by atoms with van der Waals surface area (Å²) in [6.45, 7) is 6.87. The van der Waals surface area contributed by atoms with Crippen LogP contribution in [-0.2, 0) is 6.54 Å². The molecule has 2 heterocycles. The maximum absolute atomic E-state index is 5.25. The van der Waals surface area contributed by atoms with Gasteiger partial charge >= 0.3 is 0 Å². The Kier molecular flexibility index (Phi) is 6.10. The minimum absolute atomic E-state index is 0.629. The molecule has 3 aliphatic rings. The third kappa shape index (κ3) is 4.45. The summed E-state index contributed by atoms with van der Waals surface area (Å²) in [5.74, 6) is 2.82. The molecular weight excluding hydrogens is 348 g/mol. The van der Waals surface area contributed by atoms with Crippen LogP contribution in [0.1, 0.15) is 44.1 Å². The minimum atomic E-state index is 0.629. The second-order valence-corrected chi connectivity index (χ2v) is 9.02. The molecule has 0 unspecified atom stereocenters. The zero-order valence-electron chi connectivity index (χ0n) is 17.6. The quantitative estimate of drug-likeness (QED) is 0.624. The van der Waals surface area contributed by atoms with Crippen LogP contribution < -0.4 is 10.1 Å². The smallest absolute Gasteiger partial charge is 0.193 e. The van der Waals surface area contributed by atoms with Crippen molar-refractivity contribution in [3.05, 3.63) is 29.8 Å². The molecule has 1 aliphatic carbocycles. The Morgan fingerprint density at radius 3 is 2.46 bits per heavy atom. The van der Waals surface area contributed by atoms with E-state index in [0.717, 1.165) is 30.7 Å². The van der Waals surface area contributed by atoms with E-state index in [2.05, 4.69) is 44.4 Å². The maximum Gasteiger partial charge on any atom is 0.193 e. The lowest BCUT2D eigenvalue weighted by atomic mass is 9.68. The van der Waals surface area contributed by atoms with Crippen LogP contribution >= 0.6 is 0 Å². The maximum atomic E-state index is 5.25. The summed E-state index contributed by atoms with van der Waals surface area (Å²) in [4.78, 5) is 9.65. The second-order valence-electron chi connectivity index (χ2n) is 9.02. The van der Waals surface area contributed by atoms with Crippen molar-refractivity contribution in [2.75, 3.05) is 46.9 Å². The summed E-state index contributed by atoms with van der Waals surface area (Å²) in [6.07, 6.45) is 8.17. The standard InChI is InChI=1S/C23H36N4O/c1-24-22(27-15-12-23(18-27)10-3-11-23)25-16-19-8-13-26(14-9-19)17-20-4-6-21(28-2)7-5-20/h4-7,19H,3,8-18H2,1-2H3,(H,24,25). The molecule has 5 nitrogen and oxygen atoms in total. The highest BCUT2D eigenvalue weighted by Crippen LogP contribution is 2.47. The van der Waals surface area contributed by atoms with Gasteiger partial charge in [-0.1, -0.05) is 18.6 Å². The molecule has 3 fully saturated rings. The van der Waals surface area contributed by atoms with E-state index in [9.17, 15) is 0 Å². The van der Waals surface area contributed by atoms with Gasteiger partial charge in [-0.05, 0) is 74.2 Å². The van der Waals surface area contributed by atoms with Gasteiger partial charge in [-0.15, -0.1) is 0 Å². The lowest BCUT2D eigenvalue weighted by Gasteiger charge is -2.38. The van der Waals surface area contributed by atoms with Crippen molar-refractivity contribution in [1.82, 2.24) is 15.1 Å². The van der Waals surface area contributed by atoms with Crippen LogP contribution in [0.25, 0.3) is 0 Å². The molecule has 0 atom stereocenters. The van der Waals surface area contributed by atoms with E-state index in [0.29, 0.717) is 5.41 Å². The molecule has 4 rings (SSSR count). The molecule has 0 amide bonds. The number of guanidine groups is 1. The van der Waals surface area contributed by atoms with Gasteiger partial charge in [0, 0.05) is 33.2 Å². The van der Waals surface area contributed by atoms with Crippen LogP contribution in [0.3, 0.4) is 0 Å². The van der Waals surface area contributed by atoms with Gasteiger partial charge in [0.1, 0.15) is 5.75 Å². The van der Waals surface area contributed by atoms with Crippen molar-refractivity contribution in [3.8, 4) is 5.75 Å². The van der Waals surface area contributed by atoms with E-state index in [-0.39, 0.29) is 0 Å². The Balaban J connectivity index is 1.18. The predicted molar refractivity (Wildman–Crippen MR) is 115 cm³/mol. The molecule has 1 aromatic rings. The number of aliphatic imine (C=N–C) groups is 1. The normalized spacial score (nSPS) is 23.1. The number of methoxy groups -OCH3 is 1. The highest BCUT2D eigenvalue weighted by atomic mass is 16.5. The number of rotatable bonds is 5. The largest absolute Gasteiger partial charge is 0.497 e. The first-order valence-corrected chi connectivity index (χ1v) is 11.0. The molecule has 1 N–H and O–H groups in total. The van der Waals surface area contributed by atoms with Crippen LogP contribution in [0.2, 0.25) is 0 Å². The molecular formula is C23H36N4O. The SMILES string of the molecule is CN=C(NCC1CCN(Cc2ccc(OC)cc2)CC1)N1CCC2(CCC2)C1. The first-order chi connectivity index (χ1) is 13.7. The van der Waals surface area contributed by atoms with Gasteiger partial charge in [-0.2, -0.15) is 0 Å². The van der Waals surface area contributed by atoms with Crippen LogP contribution in [0.4, 0.5) is 0 Å². The predicted octanol–water partition coefficient (Wildman–Crippen LogP) is 3.36. The van der Waals surface area contributed by atoms with Crippen molar-refractivity contribution in [1.29, 1.82) is 0 Å². The Morgan fingerprint density at radius 2 is 1.89 bits per heavy atom. The molecule has 0 radical (unpaired) electrons. The van der Waals surface area contributed by atoms with Crippen molar-refractivity contribution in [3.63, 3.8) is 0 Å². The summed E-state index contributed by atoms with van der Waals surface area (Å²) in [7, 11) is 3.66. The van der Waals surface area contributed by atoms with Crippen molar-refractivity contribution in [2.45, 2.75) is 45.1 Å². The van der Waals surface area contributed by atoms with Gasteiger partial charge in [-0.25, -0.2) is 0 Å². The monoisotopic (exact) mass is 384 g/mol. The fourth-order valence-corrected chi connectivity index (χ4v) is 5.11. The number of hydrogen-bond acceptors (Lipinski definition) is 3. The molecule has 5 heteroatoms.